The van der Waals surface area contributed by atoms with Crippen LogP contribution in [-0.2, 0) is 0 Å². The average Bonchev–Trinajstić information content (AvgIpc) is 2.46. The van der Waals surface area contributed by atoms with Crippen molar-refractivity contribution in [3.63, 3.8) is 0 Å². The Bertz CT molecular complexity index is 519. The first kappa shape index (κ1) is 14.1. The smallest absolute Gasteiger partial charge is 0.152 e. The minimum atomic E-state index is -0.467. The maximum atomic E-state index is 11.3. The number of carbonyl (C=O) groups is 1. The second-order valence-electron chi connectivity index (χ2n) is 6.06. The molecule has 1 aliphatic heterocycles. The number of nitrogens with zero attached hydrogens (tertiary/aromatic N) is 1. The van der Waals surface area contributed by atoms with Crippen LogP contribution >= 0.6 is 15.9 Å². The zero-order valence-electron chi connectivity index (χ0n) is 11.5. The molecular weight excluding hydrogens is 318 g/mol. The van der Waals surface area contributed by atoms with Gasteiger partial charge >= 0.3 is 0 Å². The fourth-order valence-corrected chi connectivity index (χ4v) is 4.08. The summed E-state index contributed by atoms with van der Waals surface area (Å²) in [5, 5.41) is 10.7. The molecule has 1 saturated carbocycles. The van der Waals surface area contributed by atoms with Crippen LogP contribution in [0.25, 0.3) is 0 Å². The molecule has 1 aliphatic carbocycles. The van der Waals surface area contributed by atoms with Gasteiger partial charge < -0.3 is 10.0 Å². The number of benzene rings is 1. The van der Waals surface area contributed by atoms with E-state index in [1.807, 2.05) is 18.2 Å². The highest BCUT2D eigenvalue weighted by atomic mass is 79.9. The number of hydrogen-bond acceptors (Lipinski definition) is 3. The summed E-state index contributed by atoms with van der Waals surface area (Å²) in [6.45, 7) is 1.69. The van der Waals surface area contributed by atoms with E-state index < -0.39 is 5.60 Å². The fourth-order valence-electron chi connectivity index (χ4n) is 3.70. The molecule has 0 spiro atoms. The van der Waals surface area contributed by atoms with Gasteiger partial charge in [-0.15, -0.1) is 0 Å². The molecule has 0 radical (unpaired) electrons. The molecule has 3 nitrogen and oxygen atoms in total. The third-order valence-electron chi connectivity index (χ3n) is 4.88. The van der Waals surface area contributed by atoms with Gasteiger partial charge in [0.05, 0.1) is 5.60 Å². The molecular formula is C16H20BrNO2. The first-order valence-corrected chi connectivity index (χ1v) is 8.14. The Morgan fingerprint density at radius 2 is 2.20 bits per heavy atom. The predicted molar refractivity (Wildman–Crippen MR) is 83.3 cm³/mol. The number of fused-ring (bicyclic) bond motifs is 1. The van der Waals surface area contributed by atoms with Crippen molar-refractivity contribution in [1.82, 2.24) is 0 Å². The maximum Gasteiger partial charge on any atom is 0.152 e. The monoisotopic (exact) mass is 337 g/mol. The molecule has 20 heavy (non-hydrogen) atoms. The van der Waals surface area contributed by atoms with Gasteiger partial charge in [-0.3, -0.25) is 4.79 Å². The molecule has 2 aliphatic rings. The number of aliphatic hydroxyl groups is 1. The van der Waals surface area contributed by atoms with Crippen molar-refractivity contribution in [2.45, 2.75) is 37.7 Å². The summed E-state index contributed by atoms with van der Waals surface area (Å²) in [7, 11) is 0. The van der Waals surface area contributed by atoms with Crippen molar-refractivity contribution in [2.24, 2.45) is 5.92 Å². The Kier molecular flexibility index (Phi) is 3.87. The van der Waals surface area contributed by atoms with Crippen molar-refractivity contribution in [3.05, 3.63) is 28.2 Å². The molecule has 0 amide bonds. The van der Waals surface area contributed by atoms with Crippen molar-refractivity contribution < 1.29 is 9.90 Å². The van der Waals surface area contributed by atoms with Crippen LogP contribution < -0.4 is 4.90 Å². The highest BCUT2D eigenvalue weighted by molar-refractivity contribution is 9.10. The summed E-state index contributed by atoms with van der Waals surface area (Å²) >= 11 is 3.41. The van der Waals surface area contributed by atoms with E-state index in [0.717, 1.165) is 60.8 Å². The van der Waals surface area contributed by atoms with E-state index >= 15 is 0 Å². The highest BCUT2D eigenvalue weighted by Gasteiger charge is 2.42. The number of hydrogen-bond donors (Lipinski definition) is 1. The molecule has 1 N–H and O–H groups in total. The summed E-state index contributed by atoms with van der Waals surface area (Å²) in [6.07, 6.45) is 6.12. The maximum absolute atomic E-state index is 11.3. The number of halogens is 1. The second kappa shape index (κ2) is 5.49. The van der Waals surface area contributed by atoms with Crippen molar-refractivity contribution >= 4 is 27.9 Å². The van der Waals surface area contributed by atoms with Crippen LogP contribution in [0.4, 0.5) is 5.69 Å². The van der Waals surface area contributed by atoms with Crippen LogP contribution in [0.2, 0.25) is 0 Å². The normalized spacial score (nSPS) is 29.9. The van der Waals surface area contributed by atoms with E-state index in [2.05, 4.69) is 20.8 Å². The summed E-state index contributed by atoms with van der Waals surface area (Å²) in [6, 6.07) is 5.84. The SMILES string of the molecule is O=Cc1cc(Br)ccc1N1CCC2(O)CCCCC2C1. The van der Waals surface area contributed by atoms with Crippen LogP contribution in [0, 0.1) is 5.92 Å². The van der Waals surface area contributed by atoms with Gasteiger partial charge in [0.25, 0.3) is 0 Å². The molecule has 1 saturated heterocycles. The number of piperidine rings is 1. The van der Waals surface area contributed by atoms with E-state index in [0.29, 0.717) is 5.92 Å². The van der Waals surface area contributed by atoms with Gasteiger partial charge in [-0.05, 0) is 37.5 Å². The Morgan fingerprint density at radius 1 is 1.35 bits per heavy atom. The number of aldehydes is 1. The molecule has 2 fully saturated rings. The lowest BCUT2D eigenvalue weighted by atomic mass is 9.71. The Balaban J connectivity index is 1.84. The molecule has 2 atom stereocenters. The molecule has 3 rings (SSSR count). The van der Waals surface area contributed by atoms with Crippen LogP contribution in [0.1, 0.15) is 42.5 Å². The first-order chi connectivity index (χ1) is 9.62. The lowest BCUT2D eigenvalue weighted by Gasteiger charge is -2.48. The van der Waals surface area contributed by atoms with E-state index in [1.54, 1.807) is 0 Å². The van der Waals surface area contributed by atoms with E-state index in [1.165, 1.54) is 6.42 Å². The zero-order chi connectivity index (χ0) is 14.2. The van der Waals surface area contributed by atoms with Crippen LogP contribution in [-0.4, -0.2) is 30.1 Å². The van der Waals surface area contributed by atoms with E-state index in [4.69, 9.17) is 0 Å². The molecule has 4 heteroatoms. The molecule has 0 aromatic heterocycles. The average molecular weight is 338 g/mol. The summed E-state index contributed by atoms with van der Waals surface area (Å²) in [5.41, 5.74) is 1.25. The predicted octanol–water partition coefficient (Wildman–Crippen LogP) is 3.39. The quantitative estimate of drug-likeness (QED) is 0.841. The van der Waals surface area contributed by atoms with Gasteiger partial charge in [0, 0.05) is 34.7 Å². The minimum Gasteiger partial charge on any atom is -0.389 e. The van der Waals surface area contributed by atoms with Crippen molar-refractivity contribution in [1.29, 1.82) is 0 Å². The Hall–Kier alpha value is -0.870. The molecule has 0 bridgehead atoms. The standard InChI is InChI=1S/C16H20BrNO2/c17-14-4-5-15(12(9-14)11-19)18-8-7-16(20)6-2-1-3-13(16)10-18/h4-5,9,11,13,20H,1-3,6-8,10H2. The van der Waals surface area contributed by atoms with Gasteiger partial charge in [-0.1, -0.05) is 28.8 Å². The Labute approximate surface area is 128 Å². The number of anilines is 1. The Morgan fingerprint density at radius 3 is 3.00 bits per heavy atom. The van der Waals surface area contributed by atoms with Gasteiger partial charge in [0.2, 0.25) is 0 Å². The van der Waals surface area contributed by atoms with E-state index in [-0.39, 0.29) is 0 Å². The molecule has 1 heterocycles. The van der Waals surface area contributed by atoms with Crippen LogP contribution in [0.5, 0.6) is 0 Å². The topological polar surface area (TPSA) is 40.5 Å². The van der Waals surface area contributed by atoms with Crippen LogP contribution in [0.3, 0.4) is 0 Å². The van der Waals surface area contributed by atoms with Gasteiger partial charge in [0.1, 0.15) is 0 Å². The third-order valence-corrected chi connectivity index (χ3v) is 5.38. The molecule has 1 aromatic rings. The minimum absolute atomic E-state index is 0.341. The largest absolute Gasteiger partial charge is 0.389 e. The second-order valence-corrected chi connectivity index (χ2v) is 6.98. The van der Waals surface area contributed by atoms with Crippen molar-refractivity contribution in [3.8, 4) is 0 Å². The van der Waals surface area contributed by atoms with Crippen LogP contribution in [0.15, 0.2) is 22.7 Å². The number of carbonyl (C=O) groups excluding carboxylic acids is 1. The molecule has 1 aromatic carbocycles. The van der Waals surface area contributed by atoms with Gasteiger partial charge in [-0.2, -0.15) is 0 Å². The number of rotatable bonds is 2. The lowest BCUT2D eigenvalue weighted by Crippen LogP contribution is -2.53. The summed E-state index contributed by atoms with van der Waals surface area (Å²) in [4.78, 5) is 13.5. The molecule has 108 valence electrons. The summed E-state index contributed by atoms with van der Waals surface area (Å²) in [5.74, 6) is 0.341. The zero-order valence-corrected chi connectivity index (χ0v) is 13.1. The first-order valence-electron chi connectivity index (χ1n) is 7.34. The van der Waals surface area contributed by atoms with Gasteiger partial charge in [-0.25, -0.2) is 0 Å². The fraction of sp³-hybridized carbons (Fsp3) is 0.562. The molecule has 2 unspecified atom stereocenters. The third kappa shape index (κ3) is 2.51. The highest BCUT2D eigenvalue weighted by Crippen LogP contribution is 2.41. The van der Waals surface area contributed by atoms with Crippen molar-refractivity contribution in [2.75, 3.05) is 18.0 Å². The van der Waals surface area contributed by atoms with Gasteiger partial charge in [0.15, 0.2) is 6.29 Å². The van der Waals surface area contributed by atoms with E-state index in [9.17, 15) is 9.90 Å². The summed E-state index contributed by atoms with van der Waals surface area (Å²) < 4.78 is 0.925. The lowest BCUT2D eigenvalue weighted by molar-refractivity contribution is -0.0612.